The van der Waals surface area contributed by atoms with E-state index in [9.17, 15) is 14.0 Å². The Morgan fingerprint density at radius 3 is 2.67 bits per heavy atom. The minimum Gasteiger partial charge on any atom is -0.333 e. The summed E-state index contributed by atoms with van der Waals surface area (Å²) < 4.78 is 13.3. The Bertz CT molecular complexity index is 767. The Balaban J connectivity index is 1.59. The molecular formula is C17H15ClFN3O2. The van der Waals surface area contributed by atoms with Crippen LogP contribution >= 0.6 is 11.6 Å². The minimum atomic E-state index is -0.406. The molecule has 0 aromatic heterocycles. The summed E-state index contributed by atoms with van der Waals surface area (Å²) in [7, 11) is 0. The molecule has 2 N–H and O–H groups in total. The molecule has 1 aliphatic heterocycles. The lowest BCUT2D eigenvalue weighted by Crippen LogP contribution is -2.39. The van der Waals surface area contributed by atoms with Crippen molar-refractivity contribution in [3.05, 3.63) is 59.4 Å². The van der Waals surface area contributed by atoms with Gasteiger partial charge in [-0.15, -0.1) is 0 Å². The molecule has 0 radical (unpaired) electrons. The van der Waals surface area contributed by atoms with E-state index < -0.39 is 11.8 Å². The van der Waals surface area contributed by atoms with Crippen LogP contribution in [0, 0.1) is 5.82 Å². The van der Waals surface area contributed by atoms with Crippen molar-refractivity contribution in [2.45, 2.75) is 12.5 Å². The fraction of sp³-hybridized carbons (Fsp3) is 0.176. The van der Waals surface area contributed by atoms with Gasteiger partial charge < -0.3 is 15.5 Å². The van der Waals surface area contributed by atoms with Gasteiger partial charge in [0.25, 0.3) is 0 Å². The van der Waals surface area contributed by atoms with E-state index in [1.54, 1.807) is 36.4 Å². The van der Waals surface area contributed by atoms with E-state index in [2.05, 4.69) is 10.6 Å². The second kappa shape index (κ2) is 6.88. The molecule has 1 saturated heterocycles. The summed E-state index contributed by atoms with van der Waals surface area (Å²) in [6, 6.07) is 11.8. The van der Waals surface area contributed by atoms with Gasteiger partial charge in [-0.3, -0.25) is 4.79 Å². The first-order valence-corrected chi connectivity index (χ1v) is 7.78. The molecule has 2 aromatic carbocycles. The maximum Gasteiger partial charge on any atom is 0.319 e. The number of benzene rings is 2. The molecule has 7 heteroatoms. The number of hydrogen-bond acceptors (Lipinski definition) is 2. The first-order valence-electron chi connectivity index (χ1n) is 7.40. The summed E-state index contributed by atoms with van der Waals surface area (Å²) >= 11 is 5.79. The number of carbonyl (C=O) groups excluding carboxylic acids is 2. The molecule has 0 aliphatic carbocycles. The summed E-state index contributed by atoms with van der Waals surface area (Å²) in [6.07, 6.45) is 0.171. The molecule has 1 fully saturated rings. The van der Waals surface area contributed by atoms with Crippen LogP contribution < -0.4 is 15.5 Å². The van der Waals surface area contributed by atoms with E-state index in [1.807, 2.05) is 0 Å². The molecule has 3 rings (SSSR count). The van der Waals surface area contributed by atoms with E-state index in [0.717, 1.165) is 0 Å². The number of nitrogens with one attached hydrogen (secondary N) is 2. The molecule has 3 amide bonds. The van der Waals surface area contributed by atoms with Crippen molar-refractivity contribution < 1.29 is 14.0 Å². The Morgan fingerprint density at radius 1 is 1.21 bits per heavy atom. The van der Waals surface area contributed by atoms with Crippen LogP contribution in [0.2, 0.25) is 5.02 Å². The molecule has 24 heavy (non-hydrogen) atoms. The van der Waals surface area contributed by atoms with Crippen molar-refractivity contribution in [2.75, 3.05) is 16.8 Å². The summed E-state index contributed by atoms with van der Waals surface area (Å²) in [6.45, 7) is 0.302. The van der Waals surface area contributed by atoms with Crippen molar-refractivity contribution >= 4 is 34.9 Å². The van der Waals surface area contributed by atoms with Gasteiger partial charge in [0.05, 0.1) is 6.04 Å². The van der Waals surface area contributed by atoms with E-state index >= 15 is 0 Å². The quantitative estimate of drug-likeness (QED) is 0.893. The Morgan fingerprint density at radius 2 is 1.96 bits per heavy atom. The Labute approximate surface area is 143 Å². The largest absolute Gasteiger partial charge is 0.333 e. The van der Waals surface area contributed by atoms with Gasteiger partial charge in [-0.25, -0.2) is 9.18 Å². The third-order valence-corrected chi connectivity index (χ3v) is 3.93. The summed E-state index contributed by atoms with van der Waals surface area (Å²) in [5.74, 6) is -0.561. The Kier molecular flexibility index (Phi) is 4.66. The van der Waals surface area contributed by atoms with Crippen molar-refractivity contribution in [1.82, 2.24) is 5.32 Å². The highest BCUT2D eigenvalue weighted by Crippen LogP contribution is 2.22. The maximum absolute atomic E-state index is 13.3. The topological polar surface area (TPSA) is 61.4 Å². The molecule has 1 aliphatic rings. The van der Waals surface area contributed by atoms with Crippen LogP contribution in [-0.4, -0.2) is 24.5 Å². The predicted molar refractivity (Wildman–Crippen MR) is 90.8 cm³/mol. The summed E-state index contributed by atoms with van der Waals surface area (Å²) in [5.41, 5.74) is 1.09. The zero-order valence-corrected chi connectivity index (χ0v) is 13.4. The first-order chi connectivity index (χ1) is 11.5. The van der Waals surface area contributed by atoms with Crippen molar-refractivity contribution in [1.29, 1.82) is 0 Å². The number of nitrogens with zero attached hydrogens (tertiary/aromatic N) is 1. The van der Waals surface area contributed by atoms with Crippen LogP contribution in [0.3, 0.4) is 0 Å². The van der Waals surface area contributed by atoms with E-state index in [4.69, 9.17) is 11.6 Å². The fourth-order valence-corrected chi connectivity index (χ4v) is 2.71. The molecule has 0 spiro atoms. The zero-order valence-electron chi connectivity index (χ0n) is 12.6. The fourth-order valence-electron chi connectivity index (χ4n) is 2.58. The maximum atomic E-state index is 13.3. The minimum absolute atomic E-state index is 0.155. The third-order valence-electron chi connectivity index (χ3n) is 3.68. The van der Waals surface area contributed by atoms with Gasteiger partial charge >= 0.3 is 6.03 Å². The molecular weight excluding hydrogens is 333 g/mol. The molecule has 1 heterocycles. The van der Waals surface area contributed by atoms with Gasteiger partial charge in [-0.1, -0.05) is 17.7 Å². The van der Waals surface area contributed by atoms with Crippen LogP contribution in [0.15, 0.2) is 48.5 Å². The number of hydrogen-bond donors (Lipinski definition) is 2. The number of urea groups is 1. The predicted octanol–water partition coefficient (Wildman–Crippen LogP) is 3.41. The van der Waals surface area contributed by atoms with Gasteiger partial charge in [-0.2, -0.15) is 0 Å². The summed E-state index contributed by atoms with van der Waals surface area (Å²) in [4.78, 5) is 25.6. The first kappa shape index (κ1) is 16.3. The van der Waals surface area contributed by atoms with Crippen molar-refractivity contribution in [2.24, 2.45) is 0 Å². The monoisotopic (exact) mass is 347 g/mol. The highest BCUT2D eigenvalue weighted by atomic mass is 35.5. The van der Waals surface area contributed by atoms with E-state index in [0.29, 0.717) is 22.9 Å². The lowest BCUT2D eigenvalue weighted by Gasteiger charge is -2.17. The number of anilines is 2. The highest BCUT2D eigenvalue weighted by molar-refractivity contribution is 6.30. The van der Waals surface area contributed by atoms with Gasteiger partial charge in [0.1, 0.15) is 5.82 Å². The summed E-state index contributed by atoms with van der Waals surface area (Å²) in [5, 5.41) is 6.00. The van der Waals surface area contributed by atoms with Gasteiger partial charge in [0.15, 0.2) is 0 Å². The van der Waals surface area contributed by atoms with Gasteiger partial charge in [0.2, 0.25) is 5.91 Å². The average Bonchev–Trinajstić information content (AvgIpc) is 2.90. The second-order valence-electron chi connectivity index (χ2n) is 5.49. The zero-order chi connectivity index (χ0) is 17.1. The molecule has 2 aromatic rings. The van der Waals surface area contributed by atoms with Gasteiger partial charge in [0, 0.05) is 29.4 Å². The standard InChI is InChI=1S/C17H15ClFN3O2/c18-11-4-6-13(7-5-11)20-17(24)21-14-9-16(23)22(10-14)15-3-1-2-12(19)8-15/h1-8,14H,9-10H2,(H2,20,21,24). The lowest BCUT2D eigenvalue weighted by molar-refractivity contribution is -0.117. The van der Waals surface area contributed by atoms with E-state index in [-0.39, 0.29) is 18.4 Å². The lowest BCUT2D eigenvalue weighted by atomic mass is 10.2. The number of halogens is 2. The molecule has 0 saturated carbocycles. The number of amides is 3. The Hall–Kier alpha value is -2.60. The molecule has 1 unspecified atom stereocenters. The van der Waals surface area contributed by atoms with Crippen LogP contribution in [-0.2, 0) is 4.79 Å². The number of carbonyl (C=O) groups is 2. The average molecular weight is 348 g/mol. The SMILES string of the molecule is O=C(Nc1ccc(Cl)cc1)NC1CC(=O)N(c2cccc(F)c2)C1. The third kappa shape index (κ3) is 3.83. The van der Waals surface area contributed by atoms with Crippen LogP contribution in [0.25, 0.3) is 0 Å². The number of rotatable bonds is 3. The van der Waals surface area contributed by atoms with Crippen LogP contribution in [0.4, 0.5) is 20.6 Å². The molecule has 5 nitrogen and oxygen atoms in total. The van der Waals surface area contributed by atoms with E-state index in [1.165, 1.54) is 17.0 Å². The van der Waals surface area contributed by atoms with Crippen molar-refractivity contribution in [3.8, 4) is 0 Å². The van der Waals surface area contributed by atoms with Crippen LogP contribution in [0.1, 0.15) is 6.42 Å². The molecule has 124 valence electrons. The van der Waals surface area contributed by atoms with Crippen LogP contribution in [0.5, 0.6) is 0 Å². The van der Waals surface area contributed by atoms with Crippen molar-refractivity contribution in [3.63, 3.8) is 0 Å². The molecule has 1 atom stereocenters. The second-order valence-corrected chi connectivity index (χ2v) is 5.93. The smallest absolute Gasteiger partial charge is 0.319 e. The normalized spacial score (nSPS) is 17.0. The van der Waals surface area contributed by atoms with Gasteiger partial charge in [-0.05, 0) is 42.5 Å². The molecule has 0 bridgehead atoms. The highest BCUT2D eigenvalue weighted by Gasteiger charge is 2.31.